The normalized spacial score (nSPS) is 21.8. The van der Waals surface area contributed by atoms with Gasteiger partial charge in [-0.1, -0.05) is 6.42 Å². The standard InChI is InChI=1S/C24H33N5O3/c30-23(20-5-7-21(8-6-20)32-16-15-28-12-2-1-3-13-28)27-18-24(31)9-4-14-29(19-24)22-17-25-10-11-26-22/h5-8,10-11,17,31H,1-4,9,12-16,18-19H2,(H,27,30)/t24-/m1/s1. The minimum absolute atomic E-state index is 0.191. The van der Waals surface area contributed by atoms with Crippen LogP contribution in [0.25, 0.3) is 0 Å². The molecule has 172 valence electrons. The quantitative estimate of drug-likeness (QED) is 0.651. The van der Waals surface area contributed by atoms with Crippen LogP contribution in [0.4, 0.5) is 5.82 Å². The number of nitrogens with one attached hydrogen (secondary N) is 1. The lowest BCUT2D eigenvalue weighted by Gasteiger charge is -2.39. The van der Waals surface area contributed by atoms with Gasteiger partial charge in [0.25, 0.3) is 5.91 Å². The van der Waals surface area contributed by atoms with Crippen LogP contribution in [0.2, 0.25) is 0 Å². The zero-order chi connectivity index (χ0) is 22.2. The highest BCUT2D eigenvalue weighted by Gasteiger charge is 2.34. The van der Waals surface area contributed by atoms with Gasteiger partial charge in [-0.2, -0.15) is 0 Å². The molecule has 2 N–H and O–H groups in total. The van der Waals surface area contributed by atoms with Gasteiger partial charge in [0, 0.05) is 44.1 Å². The molecule has 0 unspecified atom stereocenters. The molecule has 1 aromatic heterocycles. The van der Waals surface area contributed by atoms with Crippen molar-refractivity contribution < 1.29 is 14.6 Å². The van der Waals surface area contributed by atoms with Gasteiger partial charge in [0.05, 0.1) is 11.8 Å². The molecule has 2 aromatic rings. The van der Waals surface area contributed by atoms with Crippen molar-refractivity contribution in [3.05, 3.63) is 48.4 Å². The molecule has 2 saturated heterocycles. The van der Waals surface area contributed by atoms with Crippen molar-refractivity contribution in [3.63, 3.8) is 0 Å². The number of β-amino-alcohol motifs (C(OH)–C–C–N with tert-alkyl or cyclic N) is 1. The molecule has 8 nitrogen and oxygen atoms in total. The van der Waals surface area contributed by atoms with Crippen LogP contribution in [0, 0.1) is 0 Å². The monoisotopic (exact) mass is 439 g/mol. The number of likely N-dealkylation sites (tertiary alicyclic amines) is 1. The van der Waals surface area contributed by atoms with Crippen molar-refractivity contribution in [1.29, 1.82) is 0 Å². The number of carbonyl (C=O) groups is 1. The molecule has 1 atom stereocenters. The molecular weight excluding hydrogens is 406 g/mol. The van der Waals surface area contributed by atoms with Gasteiger partial charge < -0.3 is 20.1 Å². The second kappa shape index (κ2) is 10.7. The molecular formula is C24H33N5O3. The molecule has 1 aromatic carbocycles. The number of aliphatic hydroxyl groups is 1. The summed E-state index contributed by atoms with van der Waals surface area (Å²) in [5.74, 6) is 1.31. The van der Waals surface area contributed by atoms with E-state index in [9.17, 15) is 9.90 Å². The minimum atomic E-state index is -0.997. The van der Waals surface area contributed by atoms with E-state index >= 15 is 0 Å². The van der Waals surface area contributed by atoms with Crippen molar-refractivity contribution in [2.45, 2.75) is 37.7 Å². The van der Waals surface area contributed by atoms with E-state index in [-0.39, 0.29) is 12.5 Å². The number of hydrogen-bond acceptors (Lipinski definition) is 7. The summed E-state index contributed by atoms with van der Waals surface area (Å²) in [6.45, 7) is 5.32. The number of aromatic nitrogens is 2. The van der Waals surface area contributed by atoms with Crippen LogP contribution in [-0.2, 0) is 0 Å². The highest BCUT2D eigenvalue weighted by Crippen LogP contribution is 2.24. The van der Waals surface area contributed by atoms with Crippen molar-refractivity contribution in [2.75, 3.05) is 50.8 Å². The smallest absolute Gasteiger partial charge is 0.251 e. The van der Waals surface area contributed by atoms with E-state index in [1.807, 2.05) is 17.0 Å². The number of carbonyl (C=O) groups excluding carboxylic acids is 1. The van der Waals surface area contributed by atoms with Gasteiger partial charge in [-0.3, -0.25) is 14.7 Å². The predicted octanol–water partition coefficient (Wildman–Crippen LogP) is 2.10. The van der Waals surface area contributed by atoms with Crippen molar-refractivity contribution in [1.82, 2.24) is 20.2 Å². The second-order valence-corrected chi connectivity index (χ2v) is 8.77. The molecule has 3 heterocycles. The van der Waals surface area contributed by atoms with Crippen LogP contribution in [0.3, 0.4) is 0 Å². The van der Waals surface area contributed by atoms with Gasteiger partial charge in [0.15, 0.2) is 0 Å². The maximum atomic E-state index is 12.6. The van der Waals surface area contributed by atoms with Crippen LogP contribution in [0.15, 0.2) is 42.9 Å². The van der Waals surface area contributed by atoms with Gasteiger partial charge in [-0.25, -0.2) is 4.98 Å². The fourth-order valence-corrected chi connectivity index (χ4v) is 4.43. The number of rotatable bonds is 8. The van der Waals surface area contributed by atoms with Crippen LogP contribution in [-0.4, -0.2) is 77.4 Å². The maximum absolute atomic E-state index is 12.6. The summed E-state index contributed by atoms with van der Waals surface area (Å²) < 4.78 is 5.84. The molecule has 8 heteroatoms. The third kappa shape index (κ3) is 6.17. The van der Waals surface area contributed by atoms with E-state index < -0.39 is 5.60 Å². The van der Waals surface area contributed by atoms with E-state index in [0.29, 0.717) is 25.1 Å². The van der Waals surface area contributed by atoms with E-state index in [2.05, 4.69) is 20.2 Å². The Bertz CT molecular complexity index is 858. The lowest BCUT2D eigenvalue weighted by Crippen LogP contribution is -2.54. The zero-order valence-corrected chi connectivity index (χ0v) is 18.6. The van der Waals surface area contributed by atoms with E-state index in [1.54, 1.807) is 30.7 Å². The van der Waals surface area contributed by atoms with Gasteiger partial charge in [0.2, 0.25) is 0 Å². The fraction of sp³-hybridized carbons (Fsp3) is 0.542. The van der Waals surface area contributed by atoms with E-state index in [4.69, 9.17) is 4.74 Å². The molecule has 2 aliphatic heterocycles. The van der Waals surface area contributed by atoms with Crippen LogP contribution in [0.1, 0.15) is 42.5 Å². The molecule has 4 rings (SSSR count). The van der Waals surface area contributed by atoms with E-state index in [0.717, 1.165) is 44.2 Å². The van der Waals surface area contributed by atoms with Crippen LogP contribution < -0.4 is 15.0 Å². The van der Waals surface area contributed by atoms with Gasteiger partial charge in [-0.05, 0) is 63.0 Å². The fourth-order valence-electron chi connectivity index (χ4n) is 4.43. The molecule has 0 saturated carbocycles. The van der Waals surface area contributed by atoms with Crippen LogP contribution in [0.5, 0.6) is 5.75 Å². The summed E-state index contributed by atoms with van der Waals surface area (Å²) >= 11 is 0. The summed E-state index contributed by atoms with van der Waals surface area (Å²) in [5, 5.41) is 13.9. The Morgan fingerprint density at radius 2 is 1.91 bits per heavy atom. The number of nitrogens with zero attached hydrogens (tertiary/aromatic N) is 4. The number of amides is 1. The summed E-state index contributed by atoms with van der Waals surface area (Å²) in [4.78, 5) is 25.5. The zero-order valence-electron chi connectivity index (χ0n) is 18.6. The Labute approximate surface area is 189 Å². The third-order valence-corrected chi connectivity index (χ3v) is 6.25. The SMILES string of the molecule is O=C(NC[C@]1(O)CCCN(c2cnccn2)C1)c1ccc(OCCN2CCCCC2)cc1. The number of benzene rings is 1. The highest BCUT2D eigenvalue weighted by atomic mass is 16.5. The average molecular weight is 440 g/mol. The minimum Gasteiger partial charge on any atom is -0.492 e. The van der Waals surface area contributed by atoms with Crippen LogP contribution >= 0.6 is 0 Å². The number of ether oxygens (including phenoxy) is 1. The first-order chi connectivity index (χ1) is 15.6. The third-order valence-electron chi connectivity index (χ3n) is 6.25. The van der Waals surface area contributed by atoms with Gasteiger partial charge >= 0.3 is 0 Å². The highest BCUT2D eigenvalue weighted by molar-refractivity contribution is 5.94. The average Bonchev–Trinajstić information content (AvgIpc) is 2.84. The largest absolute Gasteiger partial charge is 0.492 e. The molecule has 2 fully saturated rings. The van der Waals surface area contributed by atoms with Crippen molar-refractivity contribution in [3.8, 4) is 5.75 Å². The molecule has 0 aliphatic carbocycles. The number of piperidine rings is 2. The summed E-state index contributed by atoms with van der Waals surface area (Å²) in [6.07, 6.45) is 10.3. The molecule has 2 aliphatic rings. The molecule has 0 spiro atoms. The van der Waals surface area contributed by atoms with Gasteiger partial charge in [-0.15, -0.1) is 0 Å². The van der Waals surface area contributed by atoms with E-state index in [1.165, 1.54) is 19.3 Å². The first-order valence-electron chi connectivity index (χ1n) is 11.6. The lowest BCUT2D eigenvalue weighted by atomic mass is 9.92. The van der Waals surface area contributed by atoms with Gasteiger partial charge in [0.1, 0.15) is 18.2 Å². The molecule has 0 bridgehead atoms. The Hall–Kier alpha value is -2.71. The Balaban J connectivity index is 1.23. The number of hydrogen-bond donors (Lipinski definition) is 2. The molecule has 0 radical (unpaired) electrons. The Morgan fingerprint density at radius 3 is 2.66 bits per heavy atom. The molecule has 32 heavy (non-hydrogen) atoms. The Morgan fingerprint density at radius 1 is 1.09 bits per heavy atom. The first kappa shape index (κ1) is 22.5. The first-order valence-corrected chi connectivity index (χ1v) is 11.6. The van der Waals surface area contributed by atoms with Crippen molar-refractivity contribution >= 4 is 11.7 Å². The Kier molecular flexibility index (Phi) is 7.55. The summed E-state index contributed by atoms with van der Waals surface area (Å²) in [5.41, 5.74) is -0.443. The van der Waals surface area contributed by atoms with Crippen molar-refractivity contribution in [2.24, 2.45) is 0 Å². The number of anilines is 1. The summed E-state index contributed by atoms with van der Waals surface area (Å²) in [6, 6.07) is 7.19. The maximum Gasteiger partial charge on any atom is 0.251 e. The topological polar surface area (TPSA) is 90.8 Å². The lowest BCUT2D eigenvalue weighted by molar-refractivity contribution is 0.0254. The second-order valence-electron chi connectivity index (χ2n) is 8.77. The molecule has 1 amide bonds. The predicted molar refractivity (Wildman–Crippen MR) is 123 cm³/mol. The summed E-state index contributed by atoms with van der Waals surface area (Å²) in [7, 11) is 0.